The lowest BCUT2D eigenvalue weighted by Crippen LogP contribution is -2.12. The van der Waals surface area contributed by atoms with Gasteiger partial charge in [-0.25, -0.2) is 4.79 Å². The molecule has 0 spiro atoms. The minimum atomic E-state index is -0.238. The van der Waals surface area contributed by atoms with Crippen molar-refractivity contribution in [3.05, 3.63) is 35.4 Å². The summed E-state index contributed by atoms with van der Waals surface area (Å²) in [5.74, 6) is -0.238. The molecule has 0 bridgehead atoms. The number of carbonyl (C=O) groups is 1. The number of carbonyl (C=O) groups excluding carboxylic acids is 1. The van der Waals surface area contributed by atoms with Gasteiger partial charge in [0, 0.05) is 0 Å². The van der Waals surface area contributed by atoms with E-state index in [-0.39, 0.29) is 5.97 Å². The number of nitrogens with two attached hydrogens (primary N) is 1. The topological polar surface area (TPSA) is 52.3 Å². The van der Waals surface area contributed by atoms with Gasteiger partial charge in [0.25, 0.3) is 0 Å². The predicted molar refractivity (Wildman–Crippen MR) is 64.4 cm³/mol. The SMILES string of the molecule is CCCCOC(=O)c1ccccc1CCN. The van der Waals surface area contributed by atoms with E-state index in [2.05, 4.69) is 6.92 Å². The molecule has 0 atom stereocenters. The monoisotopic (exact) mass is 221 g/mol. The highest BCUT2D eigenvalue weighted by Crippen LogP contribution is 2.11. The standard InChI is InChI=1S/C13H19NO2/c1-2-3-10-16-13(15)12-7-5-4-6-11(12)8-9-14/h4-7H,2-3,8-10,14H2,1H3. The van der Waals surface area contributed by atoms with Crippen LogP contribution < -0.4 is 5.73 Å². The van der Waals surface area contributed by atoms with Gasteiger partial charge in [-0.2, -0.15) is 0 Å². The second kappa shape index (κ2) is 7.01. The van der Waals surface area contributed by atoms with E-state index in [0.29, 0.717) is 25.1 Å². The summed E-state index contributed by atoms with van der Waals surface area (Å²) in [6.07, 6.45) is 2.64. The summed E-state index contributed by atoms with van der Waals surface area (Å²) in [5, 5.41) is 0. The van der Waals surface area contributed by atoms with Crippen LogP contribution in [0.15, 0.2) is 24.3 Å². The Bertz CT molecular complexity index is 336. The van der Waals surface area contributed by atoms with Crippen LogP contribution in [-0.4, -0.2) is 19.1 Å². The summed E-state index contributed by atoms with van der Waals surface area (Å²) < 4.78 is 5.18. The lowest BCUT2D eigenvalue weighted by Gasteiger charge is -2.08. The van der Waals surface area contributed by atoms with Crippen molar-refractivity contribution in [2.75, 3.05) is 13.2 Å². The van der Waals surface area contributed by atoms with Crippen molar-refractivity contribution in [1.29, 1.82) is 0 Å². The molecule has 1 rings (SSSR count). The van der Waals surface area contributed by atoms with Gasteiger partial charge in [0.1, 0.15) is 0 Å². The highest BCUT2D eigenvalue weighted by Gasteiger charge is 2.10. The zero-order valence-electron chi connectivity index (χ0n) is 9.74. The molecule has 0 aliphatic heterocycles. The number of esters is 1. The van der Waals surface area contributed by atoms with E-state index in [1.807, 2.05) is 18.2 Å². The fourth-order valence-electron chi connectivity index (χ4n) is 1.48. The number of rotatable bonds is 6. The Morgan fingerprint density at radius 3 is 2.81 bits per heavy atom. The number of ether oxygens (including phenoxy) is 1. The summed E-state index contributed by atoms with van der Waals surface area (Å²) in [7, 11) is 0. The van der Waals surface area contributed by atoms with Crippen molar-refractivity contribution in [1.82, 2.24) is 0 Å². The lowest BCUT2D eigenvalue weighted by molar-refractivity contribution is 0.0498. The smallest absolute Gasteiger partial charge is 0.338 e. The summed E-state index contributed by atoms with van der Waals surface area (Å²) in [6.45, 7) is 3.10. The minimum absolute atomic E-state index is 0.238. The molecule has 0 fully saturated rings. The van der Waals surface area contributed by atoms with Crippen molar-refractivity contribution >= 4 is 5.97 Å². The highest BCUT2D eigenvalue weighted by atomic mass is 16.5. The maximum Gasteiger partial charge on any atom is 0.338 e. The summed E-state index contributed by atoms with van der Waals surface area (Å²) in [5.41, 5.74) is 7.11. The number of hydrogen-bond acceptors (Lipinski definition) is 3. The average molecular weight is 221 g/mol. The van der Waals surface area contributed by atoms with Gasteiger partial charge < -0.3 is 10.5 Å². The van der Waals surface area contributed by atoms with Crippen LogP contribution in [0.5, 0.6) is 0 Å². The summed E-state index contributed by atoms with van der Waals surface area (Å²) in [6, 6.07) is 7.47. The average Bonchev–Trinajstić information content (AvgIpc) is 2.30. The highest BCUT2D eigenvalue weighted by molar-refractivity contribution is 5.91. The Morgan fingerprint density at radius 1 is 1.38 bits per heavy atom. The first kappa shape index (κ1) is 12.7. The van der Waals surface area contributed by atoms with Crippen molar-refractivity contribution in [3.63, 3.8) is 0 Å². The Labute approximate surface area is 96.6 Å². The molecule has 2 N–H and O–H groups in total. The Morgan fingerprint density at radius 2 is 2.12 bits per heavy atom. The third kappa shape index (κ3) is 3.66. The van der Waals surface area contributed by atoms with Gasteiger partial charge in [-0.1, -0.05) is 31.5 Å². The van der Waals surface area contributed by atoms with E-state index < -0.39 is 0 Å². The van der Waals surface area contributed by atoms with E-state index in [1.165, 1.54) is 0 Å². The van der Waals surface area contributed by atoms with E-state index in [0.717, 1.165) is 18.4 Å². The zero-order chi connectivity index (χ0) is 11.8. The van der Waals surface area contributed by atoms with Gasteiger partial charge in [0.15, 0.2) is 0 Å². The van der Waals surface area contributed by atoms with Gasteiger partial charge in [0.05, 0.1) is 12.2 Å². The molecule has 0 radical (unpaired) electrons. The van der Waals surface area contributed by atoms with Crippen LogP contribution in [0, 0.1) is 0 Å². The fraction of sp³-hybridized carbons (Fsp3) is 0.462. The van der Waals surface area contributed by atoms with Crippen LogP contribution in [0.25, 0.3) is 0 Å². The first-order valence-electron chi connectivity index (χ1n) is 5.74. The number of hydrogen-bond donors (Lipinski definition) is 1. The first-order chi connectivity index (χ1) is 7.79. The maximum absolute atomic E-state index is 11.8. The second-order valence-corrected chi connectivity index (χ2v) is 3.69. The Balaban J connectivity index is 2.66. The van der Waals surface area contributed by atoms with Gasteiger partial charge in [0.2, 0.25) is 0 Å². The van der Waals surface area contributed by atoms with E-state index in [1.54, 1.807) is 6.07 Å². The molecule has 0 aliphatic rings. The largest absolute Gasteiger partial charge is 0.462 e. The minimum Gasteiger partial charge on any atom is -0.462 e. The molecule has 0 saturated carbocycles. The molecule has 1 aromatic carbocycles. The third-order valence-corrected chi connectivity index (χ3v) is 2.38. The molecule has 88 valence electrons. The quantitative estimate of drug-likeness (QED) is 0.591. The van der Waals surface area contributed by atoms with Crippen molar-refractivity contribution in [2.24, 2.45) is 5.73 Å². The molecule has 0 aromatic heterocycles. The Hall–Kier alpha value is -1.35. The molecule has 0 unspecified atom stereocenters. The van der Waals surface area contributed by atoms with E-state index in [9.17, 15) is 4.79 Å². The normalized spacial score (nSPS) is 10.1. The third-order valence-electron chi connectivity index (χ3n) is 2.38. The van der Waals surface area contributed by atoms with Crippen LogP contribution >= 0.6 is 0 Å². The second-order valence-electron chi connectivity index (χ2n) is 3.69. The molecular weight excluding hydrogens is 202 g/mol. The lowest BCUT2D eigenvalue weighted by atomic mass is 10.1. The maximum atomic E-state index is 11.8. The van der Waals surface area contributed by atoms with Gasteiger partial charge in [-0.05, 0) is 31.0 Å². The molecule has 16 heavy (non-hydrogen) atoms. The molecule has 0 amide bonds. The summed E-state index contributed by atoms with van der Waals surface area (Å²) in [4.78, 5) is 11.8. The predicted octanol–water partition coefficient (Wildman–Crippen LogP) is 2.14. The van der Waals surface area contributed by atoms with E-state index in [4.69, 9.17) is 10.5 Å². The van der Waals surface area contributed by atoms with Crippen LogP contribution in [0.4, 0.5) is 0 Å². The van der Waals surface area contributed by atoms with Gasteiger partial charge in [-0.3, -0.25) is 0 Å². The van der Waals surface area contributed by atoms with Gasteiger partial charge >= 0.3 is 5.97 Å². The van der Waals surface area contributed by atoms with Gasteiger partial charge in [-0.15, -0.1) is 0 Å². The van der Waals surface area contributed by atoms with Crippen LogP contribution in [-0.2, 0) is 11.2 Å². The molecule has 3 nitrogen and oxygen atoms in total. The van der Waals surface area contributed by atoms with Crippen molar-refractivity contribution in [3.8, 4) is 0 Å². The Kier molecular flexibility index (Phi) is 5.57. The first-order valence-corrected chi connectivity index (χ1v) is 5.74. The molecule has 0 heterocycles. The van der Waals surface area contributed by atoms with E-state index >= 15 is 0 Å². The fourth-order valence-corrected chi connectivity index (χ4v) is 1.48. The summed E-state index contributed by atoms with van der Waals surface area (Å²) >= 11 is 0. The molecule has 0 saturated heterocycles. The van der Waals surface area contributed by atoms with Crippen LogP contribution in [0.1, 0.15) is 35.7 Å². The van der Waals surface area contributed by atoms with Crippen molar-refractivity contribution < 1.29 is 9.53 Å². The number of benzene rings is 1. The van der Waals surface area contributed by atoms with Crippen molar-refractivity contribution in [2.45, 2.75) is 26.2 Å². The molecule has 3 heteroatoms. The molecular formula is C13H19NO2. The number of unbranched alkanes of at least 4 members (excludes halogenated alkanes) is 1. The molecule has 0 aliphatic carbocycles. The zero-order valence-corrected chi connectivity index (χ0v) is 9.74. The van der Waals surface area contributed by atoms with Crippen LogP contribution in [0.2, 0.25) is 0 Å². The van der Waals surface area contributed by atoms with Crippen LogP contribution in [0.3, 0.4) is 0 Å². The molecule has 1 aromatic rings.